The highest BCUT2D eigenvalue weighted by atomic mass is 31.2. The van der Waals surface area contributed by atoms with Gasteiger partial charge in [0.1, 0.15) is 6.42 Å². The third kappa shape index (κ3) is 4.21. The van der Waals surface area contributed by atoms with Crippen LogP contribution in [0.25, 0.3) is 0 Å². The first-order chi connectivity index (χ1) is 13.2. The molecule has 148 valence electrons. The second-order valence-electron chi connectivity index (χ2n) is 8.06. The van der Waals surface area contributed by atoms with Crippen LogP contribution in [0.4, 0.5) is 11.4 Å². The highest BCUT2D eigenvalue weighted by molar-refractivity contribution is 7.77. The van der Waals surface area contributed by atoms with Gasteiger partial charge < -0.3 is 5.11 Å². The summed E-state index contributed by atoms with van der Waals surface area (Å²) in [6.45, 7) is 7.33. The van der Waals surface area contributed by atoms with Crippen LogP contribution in [0, 0.1) is 5.41 Å². The van der Waals surface area contributed by atoms with E-state index < -0.39 is 13.8 Å². The van der Waals surface area contributed by atoms with Gasteiger partial charge in [-0.15, -0.1) is 0 Å². The zero-order valence-electron chi connectivity index (χ0n) is 16.6. The van der Waals surface area contributed by atoms with E-state index in [4.69, 9.17) is 0 Å². The molecule has 0 aromatic heterocycles. The molecule has 3 rings (SSSR count). The number of anilines is 2. The van der Waals surface area contributed by atoms with Crippen LogP contribution in [-0.4, -0.2) is 29.1 Å². The van der Waals surface area contributed by atoms with Crippen molar-refractivity contribution in [3.63, 3.8) is 0 Å². The van der Waals surface area contributed by atoms with Crippen molar-refractivity contribution >= 4 is 25.1 Å². The molecule has 0 unspecified atom stereocenters. The van der Waals surface area contributed by atoms with Gasteiger partial charge in [-0.25, -0.2) is 0 Å². The standard InChI is InChI=1S/C22H27N2O3P/c1-22(2,3)17-20(16-21(25)26)28(27)23(18-10-6-4-7-11-18)14-15-24(28)19-12-8-5-9-13-19/h4-13,17,27H,14-16H2,1-3H3/p+1/b20-17-. The van der Waals surface area contributed by atoms with Crippen molar-refractivity contribution in [3.8, 4) is 0 Å². The molecule has 1 heterocycles. The lowest BCUT2D eigenvalue weighted by Crippen LogP contribution is -2.27. The van der Waals surface area contributed by atoms with Gasteiger partial charge in [-0.05, 0) is 35.8 Å². The third-order valence-electron chi connectivity index (χ3n) is 4.62. The lowest BCUT2D eigenvalue weighted by molar-refractivity contribution is -0.136. The van der Waals surface area contributed by atoms with Crippen molar-refractivity contribution < 1.29 is 14.8 Å². The number of allylic oxidation sites excluding steroid dienone is 1. The summed E-state index contributed by atoms with van der Waals surface area (Å²) in [4.78, 5) is 23.9. The summed E-state index contributed by atoms with van der Waals surface area (Å²) in [6.07, 6.45) is 1.75. The van der Waals surface area contributed by atoms with Gasteiger partial charge in [0, 0.05) is 0 Å². The predicted molar refractivity (Wildman–Crippen MR) is 117 cm³/mol. The Labute approximate surface area is 167 Å². The Balaban J connectivity index is 2.18. The number of carboxylic acids is 1. The second kappa shape index (κ2) is 7.94. The fraction of sp³-hybridized carbons (Fsp3) is 0.318. The monoisotopic (exact) mass is 399 g/mol. The van der Waals surface area contributed by atoms with Crippen LogP contribution in [0.3, 0.4) is 0 Å². The first-order valence-electron chi connectivity index (χ1n) is 9.44. The summed E-state index contributed by atoms with van der Waals surface area (Å²) in [6, 6.07) is 19.5. The molecule has 1 aliphatic rings. The van der Waals surface area contributed by atoms with Crippen LogP contribution in [-0.2, 0) is 4.79 Å². The quantitative estimate of drug-likeness (QED) is 0.679. The van der Waals surface area contributed by atoms with Crippen LogP contribution < -0.4 is 9.34 Å². The van der Waals surface area contributed by atoms with E-state index in [0.717, 1.165) is 11.4 Å². The summed E-state index contributed by atoms with van der Waals surface area (Å²) in [5.41, 5.74) is 1.55. The van der Waals surface area contributed by atoms with E-state index in [1.807, 2.05) is 96.9 Å². The Morgan fingerprint density at radius 1 is 0.964 bits per heavy atom. The number of hydrogen-bond acceptors (Lipinski definition) is 4. The van der Waals surface area contributed by atoms with Crippen LogP contribution >= 0.6 is 7.79 Å². The molecule has 1 saturated heterocycles. The van der Waals surface area contributed by atoms with Crippen LogP contribution in [0.2, 0.25) is 0 Å². The minimum Gasteiger partial charge on any atom is -0.481 e. The normalized spacial score (nSPS) is 17.1. The van der Waals surface area contributed by atoms with E-state index in [2.05, 4.69) is 0 Å². The zero-order chi connectivity index (χ0) is 20.4. The van der Waals surface area contributed by atoms with Gasteiger partial charge in [-0.3, -0.25) is 4.79 Å². The SMILES string of the molecule is CC(C)(C)/C=C(/CC(=O)O)[P+]1(O)N(c2ccccc2)CCN1c1ccccc1. The molecule has 0 saturated carbocycles. The highest BCUT2D eigenvalue weighted by Gasteiger charge is 2.59. The van der Waals surface area contributed by atoms with Crippen LogP contribution in [0.5, 0.6) is 0 Å². The molecule has 0 spiro atoms. The minimum absolute atomic E-state index is 0.186. The van der Waals surface area contributed by atoms with E-state index in [9.17, 15) is 14.8 Å². The minimum atomic E-state index is -3.10. The number of para-hydroxylation sites is 2. The van der Waals surface area contributed by atoms with Gasteiger partial charge in [0.2, 0.25) is 0 Å². The van der Waals surface area contributed by atoms with Gasteiger partial charge in [0.15, 0.2) is 5.31 Å². The predicted octanol–water partition coefficient (Wildman–Crippen LogP) is 5.17. The van der Waals surface area contributed by atoms with Gasteiger partial charge >= 0.3 is 13.8 Å². The summed E-state index contributed by atoms with van der Waals surface area (Å²) in [5.74, 6) is -0.933. The summed E-state index contributed by atoms with van der Waals surface area (Å²) < 4.78 is 4.00. The molecule has 6 heteroatoms. The number of aliphatic carboxylic acids is 1. The Hall–Kier alpha value is -2.36. The Bertz CT molecular complexity index is 800. The number of benzene rings is 2. The van der Waals surface area contributed by atoms with Crippen molar-refractivity contribution in [2.24, 2.45) is 5.41 Å². The van der Waals surface area contributed by atoms with Crippen LogP contribution in [0.15, 0.2) is 72.1 Å². The van der Waals surface area contributed by atoms with E-state index in [-0.39, 0.29) is 11.8 Å². The number of carboxylic acid groups (broad SMARTS) is 1. The lowest BCUT2D eigenvalue weighted by Gasteiger charge is -2.33. The Morgan fingerprint density at radius 3 is 1.75 bits per heavy atom. The number of carbonyl (C=O) groups is 1. The fourth-order valence-electron chi connectivity index (χ4n) is 3.59. The van der Waals surface area contributed by atoms with Gasteiger partial charge in [-0.2, -0.15) is 14.2 Å². The topological polar surface area (TPSA) is 64.0 Å². The summed E-state index contributed by atoms with van der Waals surface area (Å²) in [5, 5.41) is 10.2. The largest absolute Gasteiger partial charge is 0.481 e. The second-order valence-corrected chi connectivity index (χ2v) is 10.7. The Kier molecular flexibility index (Phi) is 5.78. The first-order valence-corrected chi connectivity index (χ1v) is 11.1. The molecule has 2 aromatic carbocycles. The molecule has 28 heavy (non-hydrogen) atoms. The van der Waals surface area contributed by atoms with Crippen molar-refractivity contribution in [3.05, 3.63) is 72.1 Å². The number of rotatable bonds is 5. The number of nitrogens with zero attached hydrogens (tertiary/aromatic N) is 2. The molecular formula is C22H28N2O3P+. The van der Waals surface area contributed by atoms with E-state index in [1.54, 1.807) is 0 Å². The Morgan fingerprint density at radius 2 is 1.39 bits per heavy atom. The molecule has 0 radical (unpaired) electrons. The van der Waals surface area contributed by atoms with E-state index in [0.29, 0.717) is 18.4 Å². The summed E-state index contributed by atoms with van der Waals surface area (Å²) in [7, 11) is -3.10. The fourth-order valence-corrected chi connectivity index (χ4v) is 7.02. The van der Waals surface area contributed by atoms with Crippen molar-refractivity contribution in [2.45, 2.75) is 27.2 Å². The molecule has 1 fully saturated rings. The zero-order valence-corrected chi connectivity index (χ0v) is 17.5. The molecule has 0 bridgehead atoms. The van der Waals surface area contributed by atoms with Crippen molar-refractivity contribution in [1.29, 1.82) is 0 Å². The maximum Gasteiger partial charge on any atom is 0.362 e. The average Bonchev–Trinajstić information content (AvgIpc) is 2.99. The van der Waals surface area contributed by atoms with Gasteiger partial charge in [-0.1, -0.05) is 57.2 Å². The first kappa shape index (κ1) is 20.4. The molecule has 2 aromatic rings. The van der Waals surface area contributed by atoms with Gasteiger partial charge in [0.05, 0.1) is 24.5 Å². The van der Waals surface area contributed by atoms with Crippen molar-refractivity contribution in [1.82, 2.24) is 0 Å². The maximum atomic E-state index is 12.2. The number of hydrogen-bond donors (Lipinski definition) is 2. The van der Waals surface area contributed by atoms with Gasteiger partial charge in [0.25, 0.3) is 0 Å². The third-order valence-corrected chi connectivity index (χ3v) is 7.89. The van der Waals surface area contributed by atoms with E-state index >= 15 is 0 Å². The molecule has 1 aliphatic heterocycles. The average molecular weight is 399 g/mol. The lowest BCUT2D eigenvalue weighted by atomic mass is 9.96. The molecule has 5 nitrogen and oxygen atoms in total. The molecule has 2 N–H and O–H groups in total. The summed E-state index contributed by atoms with van der Waals surface area (Å²) >= 11 is 0. The molecule has 0 aliphatic carbocycles. The highest BCUT2D eigenvalue weighted by Crippen LogP contribution is 2.73. The molecular weight excluding hydrogens is 371 g/mol. The maximum absolute atomic E-state index is 12.2. The molecule has 0 atom stereocenters. The van der Waals surface area contributed by atoms with E-state index in [1.165, 1.54) is 0 Å². The molecule has 0 amide bonds. The smallest absolute Gasteiger partial charge is 0.362 e. The van der Waals surface area contributed by atoms with Crippen LogP contribution in [0.1, 0.15) is 27.2 Å². The van der Waals surface area contributed by atoms with Crippen molar-refractivity contribution in [2.75, 3.05) is 22.4 Å².